The molecule has 0 aliphatic heterocycles. The lowest BCUT2D eigenvalue weighted by atomic mass is 10.1. The molecule has 0 aliphatic rings. The molecule has 3 aromatic rings. The minimum atomic E-state index is -0.352. The first kappa shape index (κ1) is 16.7. The van der Waals surface area contributed by atoms with Gasteiger partial charge in [-0.2, -0.15) is 10.3 Å². The zero-order chi connectivity index (χ0) is 18.0. The molecule has 0 atom stereocenters. The van der Waals surface area contributed by atoms with Crippen LogP contribution in [0.15, 0.2) is 41.4 Å². The molecule has 122 valence electrons. The number of thiazole rings is 1. The Morgan fingerprint density at radius 1 is 1.24 bits per heavy atom. The maximum atomic E-state index is 12.5. The quantitative estimate of drug-likeness (QED) is 0.667. The molecule has 25 heavy (non-hydrogen) atoms. The molecule has 1 heterocycles. The highest BCUT2D eigenvalue weighted by Crippen LogP contribution is 2.22. The van der Waals surface area contributed by atoms with Gasteiger partial charge in [-0.25, -0.2) is 0 Å². The standard InChI is InChI=1S/C20H15N3OS/c1-4-9-23-17-10-13(2)14(3)11-18(17)25-20(23)22-19(24)16-7-5-15(12-21)6-8-16/h1,5-8,10-11H,9H2,2-3H3. The largest absolute Gasteiger partial charge is 0.305 e. The van der Waals surface area contributed by atoms with Crippen LogP contribution in [0.1, 0.15) is 27.0 Å². The molecule has 4 nitrogen and oxygen atoms in total. The van der Waals surface area contributed by atoms with Gasteiger partial charge in [-0.1, -0.05) is 17.3 Å². The van der Waals surface area contributed by atoms with Gasteiger partial charge in [0.15, 0.2) is 4.80 Å². The summed E-state index contributed by atoms with van der Waals surface area (Å²) in [4.78, 5) is 17.3. The second-order valence-electron chi connectivity index (χ2n) is 5.69. The number of rotatable bonds is 2. The minimum Gasteiger partial charge on any atom is -0.305 e. The second-order valence-corrected chi connectivity index (χ2v) is 6.69. The number of nitrogens with zero attached hydrogens (tertiary/aromatic N) is 3. The van der Waals surface area contributed by atoms with Crippen LogP contribution in [0.3, 0.4) is 0 Å². The fourth-order valence-corrected chi connectivity index (χ4v) is 3.60. The number of benzene rings is 2. The summed E-state index contributed by atoms with van der Waals surface area (Å²) in [5.41, 5.74) is 4.29. The van der Waals surface area contributed by atoms with Gasteiger partial charge in [-0.05, 0) is 61.4 Å². The van der Waals surface area contributed by atoms with Gasteiger partial charge in [-0.3, -0.25) is 4.79 Å². The normalized spacial score (nSPS) is 11.3. The minimum absolute atomic E-state index is 0.349. The van der Waals surface area contributed by atoms with Crippen molar-refractivity contribution in [1.82, 2.24) is 4.57 Å². The zero-order valence-corrected chi connectivity index (χ0v) is 14.7. The first-order valence-corrected chi connectivity index (χ1v) is 8.48. The Bertz CT molecular complexity index is 1120. The van der Waals surface area contributed by atoms with Crippen LogP contribution in [-0.4, -0.2) is 10.5 Å². The molecule has 0 saturated carbocycles. The highest BCUT2D eigenvalue weighted by atomic mass is 32.1. The Kier molecular flexibility index (Phi) is 4.52. The summed E-state index contributed by atoms with van der Waals surface area (Å²) < 4.78 is 2.93. The van der Waals surface area contributed by atoms with Gasteiger partial charge >= 0.3 is 0 Å². The third kappa shape index (κ3) is 3.24. The third-order valence-electron chi connectivity index (χ3n) is 4.01. The monoisotopic (exact) mass is 345 g/mol. The van der Waals surface area contributed by atoms with Crippen molar-refractivity contribution in [2.45, 2.75) is 20.4 Å². The molecule has 0 fully saturated rings. The third-order valence-corrected chi connectivity index (χ3v) is 5.05. The number of carbonyl (C=O) groups excluding carboxylic acids is 1. The fourth-order valence-electron chi connectivity index (χ4n) is 2.49. The number of fused-ring (bicyclic) bond motifs is 1. The first-order chi connectivity index (χ1) is 12.0. The maximum absolute atomic E-state index is 12.5. The predicted molar refractivity (Wildman–Crippen MR) is 99.2 cm³/mol. The van der Waals surface area contributed by atoms with Gasteiger partial charge in [0.2, 0.25) is 0 Å². The molecule has 3 rings (SSSR count). The van der Waals surface area contributed by atoms with E-state index in [1.807, 2.05) is 17.6 Å². The summed E-state index contributed by atoms with van der Waals surface area (Å²) in [5, 5.41) is 8.84. The zero-order valence-electron chi connectivity index (χ0n) is 13.9. The highest BCUT2D eigenvalue weighted by Gasteiger charge is 2.10. The maximum Gasteiger partial charge on any atom is 0.279 e. The van der Waals surface area contributed by atoms with E-state index in [0.717, 1.165) is 10.2 Å². The van der Waals surface area contributed by atoms with Crippen LogP contribution in [0.5, 0.6) is 0 Å². The van der Waals surface area contributed by atoms with Crippen molar-refractivity contribution < 1.29 is 4.79 Å². The Morgan fingerprint density at radius 3 is 2.56 bits per heavy atom. The molecule has 0 radical (unpaired) electrons. The highest BCUT2D eigenvalue weighted by molar-refractivity contribution is 7.16. The number of aryl methyl sites for hydroxylation is 2. The first-order valence-electron chi connectivity index (χ1n) is 7.66. The van der Waals surface area contributed by atoms with Crippen LogP contribution >= 0.6 is 11.3 Å². The van der Waals surface area contributed by atoms with E-state index in [0.29, 0.717) is 22.5 Å². The summed E-state index contributed by atoms with van der Waals surface area (Å²) in [7, 11) is 0. The Morgan fingerprint density at radius 2 is 1.92 bits per heavy atom. The summed E-state index contributed by atoms with van der Waals surface area (Å²) in [6.07, 6.45) is 5.50. The van der Waals surface area contributed by atoms with E-state index in [4.69, 9.17) is 11.7 Å². The fraction of sp³-hybridized carbons (Fsp3) is 0.150. The van der Waals surface area contributed by atoms with Crippen LogP contribution < -0.4 is 4.80 Å². The Balaban J connectivity index is 2.14. The number of amides is 1. The lowest BCUT2D eigenvalue weighted by molar-refractivity contribution is 0.0998. The number of carbonyl (C=O) groups is 1. The molecule has 0 unspecified atom stereocenters. The molecule has 0 N–H and O–H groups in total. The number of aromatic nitrogens is 1. The Hall–Kier alpha value is -3.15. The van der Waals surface area contributed by atoms with Crippen LogP contribution in [0.25, 0.3) is 10.2 Å². The van der Waals surface area contributed by atoms with E-state index >= 15 is 0 Å². The number of nitriles is 1. The van der Waals surface area contributed by atoms with Gasteiger partial charge in [0.25, 0.3) is 5.91 Å². The summed E-state index contributed by atoms with van der Waals surface area (Å²) in [6, 6.07) is 12.6. The van der Waals surface area contributed by atoms with Crippen molar-refractivity contribution in [2.24, 2.45) is 4.99 Å². The average molecular weight is 345 g/mol. The van der Waals surface area contributed by atoms with E-state index in [1.165, 1.54) is 22.5 Å². The number of terminal acetylenes is 1. The van der Waals surface area contributed by atoms with E-state index in [2.05, 4.69) is 30.0 Å². The van der Waals surface area contributed by atoms with E-state index in [9.17, 15) is 4.79 Å². The molecule has 1 amide bonds. The molecule has 0 saturated heterocycles. The van der Waals surface area contributed by atoms with Gasteiger partial charge in [0.1, 0.15) is 0 Å². The van der Waals surface area contributed by atoms with Gasteiger partial charge in [0.05, 0.1) is 28.4 Å². The van der Waals surface area contributed by atoms with Crippen molar-refractivity contribution in [3.63, 3.8) is 0 Å². The molecule has 5 heteroatoms. The van der Waals surface area contributed by atoms with Gasteiger partial charge in [-0.15, -0.1) is 6.42 Å². The SMILES string of the molecule is C#CCn1c(=NC(=O)c2ccc(C#N)cc2)sc2cc(C)c(C)cc21. The van der Waals surface area contributed by atoms with E-state index in [1.54, 1.807) is 24.3 Å². The van der Waals surface area contributed by atoms with Crippen molar-refractivity contribution in [1.29, 1.82) is 5.26 Å². The summed E-state index contributed by atoms with van der Waals surface area (Å²) in [6.45, 7) is 4.45. The number of hydrogen-bond donors (Lipinski definition) is 0. The molecule has 0 aliphatic carbocycles. The molecule has 0 bridgehead atoms. The lowest BCUT2D eigenvalue weighted by Crippen LogP contribution is -2.16. The topological polar surface area (TPSA) is 58.1 Å². The van der Waals surface area contributed by atoms with Crippen molar-refractivity contribution in [2.75, 3.05) is 0 Å². The van der Waals surface area contributed by atoms with Crippen LogP contribution in [0, 0.1) is 37.5 Å². The second kappa shape index (κ2) is 6.76. The van der Waals surface area contributed by atoms with Gasteiger partial charge in [0, 0.05) is 5.56 Å². The molecule has 2 aromatic carbocycles. The molecule has 0 spiro atoms. The molecule has 1 aromatic heterocycles. The average Bonchev–Trinajstić information content (AvgIpc) is 2.92. The van der Waals surface area contributed by atoms with Crippen LogP contribution in [0.2, 0.25) is 0 Å². The predicted octanol–water partition coefficient (Wildman–Crippen LogP) is 3.57. The molecular formula is C20H15N3OS. The molecular weight excluding hydrogens is 330 g/mol. The lowest BCUT2D eigenvalue weighted by Gasteiger charge is -2.03. The Labute approximate surface area is 149 Å². The van der Waals surface area contributed by atoms with E-state index in [-0.39, 0.29) is 5.91 Å². The summed E-state index contributed by atoms with van der Waals surface area (Å²) >= 11 is 1.44. The van der Waals surface area contributed by atoms with Crippen molar-refractivity contribution in [3.05, 3.63) is 63.5 Å². The smallest absolute Gasteiger partial charge is 0.279 e. The van der Waals surface area contributed by atoms with Crippen LogP contribution in [-0.2, 0) is 6.54 Å². The van der Waals surface area contributed by atoms with Crippen molar-refractivity contribution in [3.8, 4) is 18.4 Å². The number of hydrogen-bond acceptors (Lipinski definition) is 3. The van der Waals surface area contributed by atoms with Crippen LogP contribution in [0.4, 0.5) is 0 Å². The summed E-state index contributed by atoms with van der Waals surface area (Å²) in [5.74, 6) is 2.28. The van der Waals surface area contributed by atoms with Crippen molar-refractivity contribution >= 4 is 27.5 Å². The van der Waals surface area contributed by atoms with E-state index < -0.39 is 0 Å². The van der Waals surface area contributed by atoms with Gasteiger partial charge < -0.3 is 4.57 Å².